The molecular formula is C17H29N3. The zero-order valence-corrected chi connectivity index (χ0v) is 13.7. The molecule has 3 nitrogen and oxygen atoms in total. The first-order valence-electron chi connectivity index (χ1n) is 7.97. The van der Waals surface area contributed by atoms with Gasteiger partial charge in [-0.1, -0.05) is 34.6 Å². The maximum absolute atomic E-state index is 4.51. The van der Waals surface area contributed by atoms with Crippen molar-refractivity contribution >= 4 is 5.95 Å². The first-order valence-corrected chi connectivity index (χ1v) is 7.97. The minimum Gasteiger partial charge on any atom is -0.341 e. The van der Waals surface area contributed by atoms with E-state index >= 15 is 0 Å². The molecule has 0 bridgehead atoms. The Morgan fingerprint density at radius 2 is 1.75 bits per heavy atom. The molecule has 1 fully saturated rings. The van der Waals surface area contributed by atoms with Gasteiger partial charge in [0.15, 0.2) is 0 Å². The van der Waals surface area contributed by atoms with Crippen LogP contribution in [0.3, 0.4) is 0 Å². The zero-order valence-electron chi connectivity index (χ0n) is 13.7. The van der Waals surface area contributed by atoms with E-state index in [1.54, 1.807) is 0 Å². The number of nitrogens with zero attached hydrogens (tertiary/aromatic N) is 3. The van der Waals surface area contributed by atoms with Crippen molar-refractivity contribution in [1.29, 1.82) is 0 Å². The summed E-state index contributed by atoms with van der Waals surface area (Å²) in [6.07, 6.45) is 7.46. The first kappa shape index (κ1) is 15.3. The van der Waals surface area contributed by atoms with Crippen molar-refractivity contribution in [2.24, 2.45) is 17.3 Å². The maximum Gasteiger partial charge on any atom is 0.225 e. The smallest absolute Gasteiger partial charge is 0.225 e. The molecule has 1 atom stereocenters. The molecule has 1 aliphatic heterocycles. The van der Waals surface area contributed by atoms with Crippen molar-refractivity contribution in [1.82, 2.24) is 9.97 Å². The summed E-state index contributed by atoms with van der Waals surface area (Å²) in [5, 5.41) is 0. The molecule has 1 aromatic rings. The van der Waals surface area contributed by atoms with E-state index in [9.17, 15) is 0 Å². The van der Waals surface area contributed by atoms with Crippen molar-refractivity contribution in [2.45, 2.75) is 53.9 Å². The second-order valence-electron chi connectivity index (χ2n) is 7.22. The summed E-state index contributed by atoms with van der Waals surface area (Å²) in [6, 6.07) is 0. The summed E-state index contributed by atoms with van der Waals surface area (Å²) in [7, 11) is 0. The van der Waals surface area contributed by atoms with Gasteiger partial charge in [0.25, 0.3) is 0 Å². The Kier molecular flexibility index (Phi) is 4.66. The van der Waals surface area contributed by atoms with Gasteiger partial charge in [0.2, 0.25) is 5.95 Å². The Labute approximate surface area is 123 Å². The number of aryl methyl sites for hydroxylation is 1. The van der Waals surface area contributed by atoms with Gasteiger partial charge in [-0.25, -0.2) is 9.97 Å². The highest BCUT2D eigenvalue weighted by Crippen LogP contribution is 2.37. The van der Waals surface area contributed by atoms with Crippen LogP contribution >= 0.6 is 0 Å². The SMILES string of the molecule is CCc1cnc(N2CCC(C(C)C(C)(C)C)CC2)nc1. The molecule has 1 unspecified atom stereocenters. The quantitative estimate of drug-likeness (QED) is 0.836. The maximum atomic E-state index is 4.51. The first-order chi connectivity index (χ1) is 9.41. The van der Waals surface area contributed by atoms with Crippen LogP contribution in [-0.4, -0.2) is 23.1 Å². The zero-order chi connectivity index (χ0) is 14.8. The van der Waals surface area contributed by atoms with Gasteiger partial charge in [-0.2, -0.15) is 0 Å². The van der Waals surface area contributed by atoms with Crippen LogP contribution in [0.25, 0.3) is 0 Å². The number of piperidine rings is 1. The molecule has 112 valence electrons. The number of aromatic nitrogens is 2. The van der Waals surface area contributed by atoms with E-state index < -0.39 is 0 Å². The topological polar surface area (TPSA) is 29.0 Å². The summed E-state index contributed by atoms with van der Waals surface area (Å²) in [5.74, 6) is 2.51. The van der Waals surface area contributed by atoms with E-state index in [2.05, 4.69) is 49.5 Å². The molecule has 1 aliphatic rings. The van der Waals surface area contributed by atoms with Crippen molar-refractivity contribution < 1.29 is 0 Å². The summed E-state index contributed by atoms with van der Waals surface area (Å²) in [4.78, 5) is 11.4. The van der Waals surface area contributed by atoms with Crippen LogP contribution in [0.5, 0.6) is 0 Å². The molecule has 2 rings (SSSR count). The normalized spacial score (nSPS) is 19.1. The fourth-order valence-corrected chi connectivity index (χ4v) is 3.00. The predicted octanol–water partition coefficient (Wildman–Crippen LogP) is 3.94. The average molecular weight is 275 g/mol. The standard InChI is InChI=1S/C17H29N3/c1-6-14-11-18-16(19-12-14)20-9-7-15(8-10-20)13(2)17(3,4)5/h11-13,15H,6-10H2,1-5H3. The Bertz CT molecular complexity index is 411. The van der Waals surface area contributed by atoms with Gasteiger partial charge < -0.3 is 4.90 Å². The molecule has 2 heterocycles. The van der Waals surface area contributed by atoms with E-state index in [1.165, 1.54) is 18.4 Å². The molecule has 0 radical (unpaired) electrons. The predicted molar refractivity (Wildman–Crippen MR) is 85.0 cm³/mol. The van der Waals surface area contributed by atoms with E-state index in [0.29, 0.717) is 5.41 Å². The Hall–Kier alpha value is -1.12. The van der Waals surface area contributed by atoms with E-state index in [4.69, 9.17) is 0 Å². The van der Waals surface area contributed by atoms with Gasteiger partial charge in [0.05, 0.1) is 0 Å². The van der Waals surface area contributed by atoms with E-state index in [0.717, 1.165) is 37.3 Å². The van der Waals surface area contributed by atoms with Gasteiger partial charge in [0, 0.05) is 25.5 Å². The van der Waals surface area contributed by atoms with Crippen LogP contribution in [-0.2, 0) is 6.42 Å². The summed E-state index contributed by atoms with van der Waals surface area (Å²) >= 11 is 0. The fraction of sp³-hybridized carbons (Fsp3) is 0.765. The lowest BCUT2D eigenvalue weighted by atomic mass is 9.71. The summed E-state index contributed by atoms with van der Waals surface area (Å²) in [5.41, 5.74) is 1.62. The van der Waals surface area contributed by atoms with Gasteiger partial charge >= 0.3 is 0 Å². The molecule has 0 N–H and O–H groups in total. The Balaban J connectivity index is 1.93. The summed E-state index contributed by atoms with van der Waals surface area (Å²) < 4.78 is 0. The van der Waals surface area contributed by atoms with Crippen molar-refractivity contribution in [3.8, 4) is 0 Å². The van der Waals surface area contributed by atoms with Crippen molar-refractivity contribution in [3.05, 3.63) is 18.0 Å². The second-order valence-corrected chi connectivity index (χ2v) is 7.22. The van der Waals surface area contributed by atoms with Crippen LogP contribution in [0.1, 0.15) is 53.0 Å². The largest absolute Gasteiger partial charge is 0.341 e. The van der Waals surface area contributed by atoms with Crippen molar-refractivity contribution in [2.75, 3.05) is 18.0 Å². The number of rotatable bonds is 3. The number of anilines is 1. The molecule has 0 amide bonds. The van der Waals surface area contributed by atoms with Crippen LogP contribution in [0.15, 0.2) is 12.4 Å². The fourth-order valence-electron chi connectivity index (χ4n) is 3.00. The molecular weight excluding hydrogens is 246 g/mol. The van der Waals surface area contributed by atoms with Gasteiger partial charge in [-0.15, -0.1) is 0 Å². The highest BCUT2D eigenvalue weighted by atomic mass is 15.2. The summed E-state index contributed by atoms with van der Waals surface area (Å²) in [6.45, 7) is 13.8. The monoisotopic (exact) mass is 275 g/mol. The second kappa shape index (κ2) is 6.11. The van der Waals surface area contributed by atoms with Crippen LogP contribution < -0.4 is 4.90 Å². The average Bonchev–Trinajstić information content (AvgIpc) is 2.46. The minimum absolute atomic E-state index is 0.409. The number of hydrogen-bond acceptors (Lipinski definition) is 3. The lowest BCUT2D eigenvalue weighted by Crippen LogP contribution is -2.39. The molecule has 0 aliphatic carbocycles. The third-order valence-electron chi connectivity index (χ3n) is 5.00. The molecule has 0 aromatic carbocycles. The molecule has 3 heteroatoms. The Morgan fingerprint density at radius 3 is 2.20 bits per heavy atom. The van der Waals surface area contributed by atoms with E-state index in [-0.39, 0.29) is 0 Å². The molecule has 0 saturated carbocycles. The van der Waals surface area contributed by atoms with E-state index in [1.807, 2.05) is 12.4 Å². The molecule has 20 heavy (non-hydrogen) atoms. The molecule has 0 spiro atoms. The van der Waals surface area contributed by atoms with Gasteiger partial charge in [-0.3, -0.25) is 0 Å². The lowest BCUT2D eigenvalue weighted by Gasteiger charge is -2.40. The van der Waals surface area contributed by atoms with Crippen LogP contribution in [0, 0.1) is 17.3 Å². The Morgan fingerprint density at radius 1 is 1.20 bits per heavy atom. The van der Waals surface area contributed by atoms with Gasteiger partial charge in [-0.05, 0) is 42.1 Å². The third kappa shape index (κ3) is 3.50. The minimum atomic E-state index is 0.409. The lowest BCUT2D eigenvalue weighted by molar-refractivity contribution is 0.153. The van der Waals surface area contributed by atoms with Crippen LogP contribution in [0.4, 0.5) is 5.95 Å². The van der Waals surface area contributed by atoms with Crippen molar-refractivity contribution in [3.63, 3.8) is 0 Å². The highest BCUT2D eigenvalue weighted by Gasteiger charge is 2.31. The highest BCUT2D eigenvalue weighted by molar-refractivity contribution is 5.30. The molecule has 1 aromatic heterocycles. The number of hydrogen-bond donors (Lipinski definition) is 0. The molecule has 1 saturated heterocycles. The third-order valence-corrected chi connectivity index (χ3v) is 5.00. The van der Waals surface area contributed by atoms with Crippen LogP contribution in [0.2, 0.25) is 0 Å². The van der Waals surface area contributed by atoms with Gasteiger partial charge in [0.1, 0.15) is 0 Å².